The summed E-state index contributed by atoms with van der Waals surface area (Å²) in [5, 5.41) is 0. The minimum absolute atomic E-state index is 0.0173. The predicted molar refractivity (Wildman–Crippen MR) is 113 cm³/mol. The van der Waals surface area contributed by atoms with Crippen molar-refractivity contribution >= 4 is 11.8 Å². The number of hydrogen-bond acceptors (Lipinski definition) is 6. The van der Waals surface area contributed by atoms with Gasteiger partial charge in [-0.3, -0.25) is 14.6 Å². The van der Waals surface area contributed by atoms with Crippen LogP contribution in [0.5, 0.6) is 11.5 Å². The van der Waals surface area contributed by atoms with Crippen molar-refractivity contribution < 1.29 is 23.8 Å². The van der Waals surface area contributed by atoms with Gasteiger partial charge in [-0.15, -0.1) is 0 Å². The summed E-state index contributed by atoms with van der Waals surface area (Å²) in [6.07, 6.45) is 1.40. The molecule has 0 saturated carbocycles. The molecule has 0 spiro atoms. The second-order valence-electron chi connectivity index (χ2n) is 8.20. The lowest BCUT2D eigenvalue weighted by Crippen LogP contribution is -2.40. The van der Waals surface area contributed by atoms with E-state index in [1.807, 2.05) is 18.2 Å². The van der Waals surface area contributed by atoms with Crippen LogP contribution in [0.4, 0.5) is 0 Å². The van der Waals surface area contributed by atoms with Crippen LogP contribution in [0.25, 0.3) is 0 Å². The van der Waals surface area contributed by atoms with E-state index >= 15 is 0 Å². The van der Waals surface area contributed by atoms with Crippen LogP contribution in [-0.2, 0) is 16.1 Å². The Kier molecular flexibility index (Phi) is 6.36. The van der Waals surface area contributed by atoms with E-state index in [1.165, 1.54) is 0 Å². The molecule has 2 aromatic rings. The van der Waals surface area contributed by atoms with Crippen LogP contribution in [0, 0.1) is 5.92 Å². The third-order valence-corrected chi connectivity index (χ3v) is 5.21. The van der Waals surface area contributed by atoms with E-state index in [4.69, 9.17) is 14.2 Å². The molecule has 8 nitrogen and oxygen atoms in total. The van der Waals surface area contributed by atoms with E-state index in [0.717, 1.165) is 5.69 Å². The molecule has 3 heterocycles. The molecule has 2 aliphatic heterocycles. The molecule has 4 rings (SSSR count). The molecular formula is C23H27N3O5. The Labute approximate surface area is 181 Å². The monoisotopic (exact) mass is 425 g/mol. The van der Waals surface area contributed by atoms with Crippen LogP contribution in [-0.4, -0.2) is 65.7 Å². The fraction of sp³-hybridized carbons (Fsp3) is 0.435. The van der Waals surface area contributed by atoms with Crippen molar-refractivity contribution in [2.75, 3.05) is 33.0 Å². The first kappa shape index (κ1) is 21.1. The van der Waals surface area contributed by atoms with E-state index in [-0.39, 0.29) is 31.3 Å². The molecule has 0 aliphatic carbocycles. The molecule has 1 aromatic carbocycles. The van der Waals surface area contributed by atoms with Gasteiger partial charge < -0.3 is 24.0 Å². The first-order chi connectivity index (χ1) is 15.0. The van der Waals surface area contributed by atoms with Gasteiger partial charge in [0.25, 0.3) is 5.91 Å². The van der Waals surface area contributed by atoms with Gasteiger partial charge >= 0.3 is 0 Å². The highest BCUT2D eigenvalue weighted by Gasteiger charge is 2.32. The largest absolute Gasteiger partial charge is 0.454 e. The summed E-state index contributed by atoms with van der Waals surface area (Å²) in [7, 11) is 0. The van der Waals surface area contributed by atoms with Gasteiger partial charge in [-0.2, -0.15) is 0 Å². The number of fused-ring (bicyclic) bond motifs is 1. The van der Waals surface area contributed by atoms with Gasteiger partial charge in [0, 0.05) is 31.4 Å². The molecular weight excluding hydrogens is 398 g/mol. The van der Waals surface area contributed by atoms with Crippen molar-refractivity contribution in [3.05, 3.63) is 53.9 Å². The van der Waals surface area contributed by atoms with Gasteiger partial charge in [-0.05, 0) is 36.2 Å². The highest BCUT2D eigenvalue weighted by atomic mass is 16.7. The third kappa shape index (κ3) is 5.14. The van der Waals surface area contributed by atoms with Crippen molar-refractivity contribution in [3.63, 3.8) is 0 Å². The summed E-state index contributed by atoms with van der Waals surface area (Å²) in [5.74, 6) is 1.16. The van der Waals surface area contributed by atoms with E-state index < -0.39 is 0 Å². The third-order valence-electron chi connectivity index (χ3n) is 5.21. The van der Waals surface area contributed by atoms with Crippen molar-refractivity contribution in [2.45, 2.75) is 26.6 Å². The lowest BCUT2D eigenvalue weighted by molar-refractivity contribution is -0.132. The van der Waals surface area contributed by atoms with E-state index in [0.29, 0.717) is 49.2 Å². The molecule has 0 radical (unpaired) electrons. The topological polar surface area (TPSA) is 81.2 Å². The second-order valence-corrected chi connectivity index (χ2v) is 8.20. The molecule has 31 heavy (non-hydrogen) atoms. The van der Waals surface area contributed by atoms with Crippen molar-refractivity contribution in [2.24, 2.45) is 5.92 Å². The number of benzene rings is 1. The smallest absolute Gasteiger partial charge is 0.254 e. The summed E-state index contributed by atoms with van der Waals surface area (Å²) < 4.78 is 16.8. The Hall–Kier alpha value is -3.13. The maximum absolute atomic E-state index is 13.2. The second kappa shape index (κ2) is 9.34. The fourth-order valence-corrected chi connectivity index (χ4v) is 3.76. The zero-order valence-corrected chi connectivity index (χ0v) is 17.8. The summed E-state index contributed by atoms with van der Waals surface area (Å²) >= 11 is 0. The van der Waals surface area contributed by atoms with Gasteiger partial charge in [-0.25, -0.2) is 0 Å². The fourth-order valence-electron chi connectivity index (χ4n) is 3.76. The Bertz CT molecular complexity index is 934. The number of amides is 2. The Morgan fingerprint density at radius 3 is 2.81 bits per heavy atom. The van der Waals surface area contributed by atoms with Crippen molar-refractivity contribution in [3.8, 4) is 11.5 Å². The normalized spacial score (nSPS) is 18.4. The molecule has 1 atom stereocenters. The molecule has 2 aliphatic rings. The summed E-state index contributed by atoms with van der Waals surface area (Å²) in [4.78, 5) is 33.8. The van der Waals surface area contributed by atoms with Gasteiger partial charge in [0.2, 0.25) is 12.7 Å². The first-order valence-electron chi connectivity index (χ1n) is 10.5. The maximum atomic E-state index is 13.2. The van der Waals surface area contributed by atoms with Gasteiger partial charge in [0.05, 0.1) is 18.4 Å². The first-order valence-corrected chi connectivity index (χ1v) is 10.5. The number of aromatic nitrogens is 1. The minimum Gasteiger partial charge on any atom is -0.454 e. The zero-order chi connectivity index (χ0) is 21.8. The number of carbonyl (C=O) groups is 2. The Morgan fingerprint density at radius 1 is 1.19 bits per heavy atom. The van der Waals surface area contributed by atoms with Gasteiger partial charge in [0.15, 0.2) is 11.5 Å². The summed E-state index contributed by atoms with van der Waals surface area (Å²) in [6.45, 7) is 5.99. The molecule has 1 fully saturated rings. The van der Waals surface area contributed by atoms with E-state index in [2.05, 4.69) is 18.8 Å². The molecule has 0 N–H and O–H groups in total. The van der Waals surface area contributed by atoms with Crippen molar-refractivity contribution in [1.29, 1.82) is 0 Å². The average molecular weight is 425 g/mol. The van der Waals surface area contributed by atoms with Crippen LogP contribution in [0.2, 0.25) is 0 Å². The highest BCUT2D eigenvalue weighted by molar-refractivity contribution is 5.97. The highest BCUT2D eigenvalue weighted by Crippen LogP contribution is 2.33. The predicted octanol–water partition coefficient (Wildman–Crippen LogP) is 2.34. The standard InChI is InChI=1S/C23H27N3O5/c1-16(2)10-25-11-19(29-14-18-5-3-4-8-24-18)12-26(13-22(25)27)23(28)17-6-7-20-21(9-17)31-15-30-20/h3-9,16,19H,10-15H2,1-2H3. The average Bonchev–Trinajstić information content (AvgIpc) is 3.18. The van der Waals surface area contributed by atoms with E-state index in [9.17, 15) is 9.59 Å². The van der Waals surface area contributed by atoms with Crippen LogP contribution >= 0.6 is 0 Å². The number of rotatable bonds is 6. The zero-order valence-electron chi connectivity index (χ0n) is 17.8. The Morgan fingerprint density at radius 2 is 2.03 bits per heavy atom. The van der Waals surface area contributed by atoms with Crippen molar-refractivity contribution in [1.82, 2.24) is 14.8 Å². The minimum atomic E-state index is -0.315. The molecule has 8 heteroatoms. The molecule has 2 amide bonds. The van der Waals surface area contributed by atoms with E-state index in [1.54, 1.807) is 34.2 Å². The lowest BCUT2D eigenvalue weighted by Gasteiger charge is -2.25. The molecule has 1 aromatic heterocycles. The molecule has 1 unspecified atom stereocenters. The van der Waals surface area contributed by atoms with Gasteiger partial charge in [0.1, 0.15) is 6.54 Å². The number of nitrogens with zero attached hydrogens (tertiary/aromatic N) is 3. The number of pyridine rings is 1. The van der Waals surface area contributed by atoms with Gasteiger partial charge in [-0.1, -0.05) is 19.9 Å². The summed E-state index contributed by atoms with van der Waals surface area (Å²) in [5.41, 5.74) is 1.26. The maximum Gasteiger partial charge on any atom is 0.254 e. The summed E-state index contributed by atoms with van der Waals surface area (Å²) in [6, 6.07) is 10.7. The van der Waals surface area contributed by atoms with Crippen LogP contribution in [0.15, 0.2) is 42.6 Å². The van der Waals surface area contributed by atoms with Crippen LogP contribution in [0.3, 0.4) is 0 Å². The lowest BCUT2D eigenvalue weighted by atomic mass is 10.1. The number of carbonyl (C=O) groups excluding carboxylic acids is 2. The Balaban J connectivity index is 1.52. The number of ether oxygens (including phenoxy) is 3. The molecule has 164 valence electrons. The SMILES string of the molecule is CC(C)CN1CC(OCc2ccccn2)CN(C(=O)c2ccc3c(c2)OCO3)CC1=O. The number of hydrogen-bond donors (Lipinski definition) is 0. The van der Waals surface area contributed by atoms with Crippen LogP contribution < -0.4 is 9.47 Å². The quantitative estimate of drug-likeness (QED) is 0.707. The molecule has 0 bridgehead atoms. The molecule has 1 saturated heterocycles. The van der Waals surface area contributed by atoms with Crippen LogP contribution in [0.1, 0.15) is 29.9 Å².